The Hall–Kier alpha value is -3.30. The lowest BCUT2D eigenvalue weighted by molar-refractivity contribution is -0.133. The lowest BCUT2D eigenvalue weighted by atomic mass is 9.90. The maximum absolute atomic E-state index is 13.6. The van der Waals surface area contributed by atoms with Gasteiger partial charge in [0, 0.05) is 43.2 Å². The van der Waals surface area contributed by atoms with E-state index in [2.05, 4.69) is 44.7 Å². The van der Waals surface area contributed by atoms with Gasteiger partial charge in [0.05, 0.1) is 5.69 Å². The van der Waals surface area contributed by atoms with Crippen LogP contribution in [-0.4, -0.2) is 81.1 Å². The Kier molecular flexibility index (Phi) is 9.44. The number of benzene rings is 2. The van der Waals surface area contributed by atoms with Crippen LogP contribution in [0.2, 0.25) is 5.02 Å². The molecular weight excluding hydrogens is 526 g/mol. The van der Waals surface area contributed by atoms with E-state index in [1.54, 1.807) is 17.9 Å². The number of hydrogen-bond acceptors (Lipinski definition) is 6. The van der Waals surface area contributed by atoms with Crippen molar-refractivity contribution in [2.45, 2.75) is 45.4 Å². The predicted molar refractivity (Wildman–Crippen MR) is 155 cm³/mol. The van der Waals surface area contributed by atoms with Gasteiger partial charge in [-0.1, -0.05) is 29.8 Å². The molecule has 0 spiro atoms. The topological polar surface area (TPSA) is 87.5 Å². The molecule has 2 aliphatic rings. The maximum atomic E-state index is 13.6. The number of likely N-dealkylation sites (tertiary alicyclic amines) is 2. The average molecular weight is 564 g/mol. The molecule has 2 fully saturated rings. The fraction of sp³-hybridized carbons (Fsp3) is 0.500. The number of nitrogens with zero attached hydrogens (tertiary/aromatic N) is 7. The summed E-state index contributed by atoms with van der Waals surface area (Å²) in [7, 11) is 0. The van der Waals surface area contributed by atoms with Gasteiger partial charge in [-0.3, -0.25) is 9.59 Å². The van der Waals surface area contributed by atoms with Crippen molar-refractivity contribution in [3.05, 3.63) is 65.4 Å². The van der Waals surface area contributed by atoms with E-state index in [1.165, 1.54) is 18.4 Å². The van der Waals surface area contributed by atoms with E-state index in [4.69, 9.17) is 11.6 Å². The molecule has 0 bridgehead atoms. The minimum atomic E-state index is -0.0627. The number of tetrazole rings is 1. The number of carbonyl (C=O) groups is 2. The molecule has 3 heterocycles. The third kappa shape index (κ3) is 7.26. The number of anilines is 1. The largest absolute Gasteiger partial charge is 0.343 e. The third-order valence-electron chi connectivity index (χ3n) is 8.31. The summed E-state index contributed by atoms with van der Waals surface area (Å²) in [6.07, 6.45) is 7.39. The summed E-state index contributed by atoms with van der Waals surface area (Å²) in [5.74, 6) is 0.850. The van der Waals surface area contributed by atoms with E-state index in [-0.39, 0.29) is 17.7 Å². The van der Waals surface area contributed by atoms with Gasteiger partial charge in [-0.15, -0.1) is 5.10 Å². The first-order valence-corrected chi connectivity index (χ1v) is 14.7. The molecule has 2 aliphatic heterocycles. The number of amides is 2. The minimum absolute atomic E-state index is 0.0627. The molecular formula is C30H38ClN7O2. The molecule has 2 saturated heterocycles. The second-order valence-electron chi connectivity index (χ2n) is 11.0. The zero-order valence-electron chi connectivity index (χ0n) is 23.2. The van der Waals surface area contributed by atoms with Gasteiger partial charge in [-0.2, -0.15) is 0 Å². The predicted octanol–water partition coefficient (Wildman–Crippen LogP) is 4.25. The molecule has 10 heteroatoms. The third-order valence-corrected chi connectivity index (χ3v) is 8.55. The zero-order valence-corrected chi connectivity index (χ0v) is 23.9. The number of rotatable bonds is 9. The zero-order chi connectivity index (χ0) is 27.9. The number of hydrogen-bond donors (Lipinski definition) is 0. The van der Waals surface area contributed by atoms with Crippen LogP contribution in [0.25, 0.3) is 5.69 Å². The number of piperidine rings is 2. The molecule has 0 N–H and O–H groups in total. The molecule has 2 amide bonds. The van der Waals surface area contributed by atoms with Gasteiger partial charge in [0.1, 0.15) is 6.33 Å². The van der Waals surface area contributed by atoms with Gasteiger partial charge in [0.15, 0.2) is 0 Å². The standard InChI is InChI=1S/C30H38ClN7O2/c1-23(39)36-18-12-26(13-19-36)30(40)37(29-5-2-4-27(31)21-29)15-3-14-35-16-10-25(11-17-35)20-24-6-8-28(9-7-24)38-22-32-33-34-38/h2,4-9,21-22,25-26H,3,10-20H2,1H3. The Balaban J connectivity index is 1.10. The van der Waals surface area contributed by atoms with E-state index in [0.717, 1.165) is 43.9 Å². The second kappa shape index (κ2) is 13.4. The highest BCUT2D eigenvalue weighted by Crippen LogP contribution is 2.27. The summed E-state index contributed by atoms with van der Waals surface area (Å²) in [6.45, 7) is 6.70. The van der Waals surface area contributed by atoms with Crippen LogP contribution in [0.1, 0.15) is 44.6 Å². The summed E-state index contributed by atoms with van der Waals surface area (Å²) < 4.78 is 1.67. The summed E-state index contributed by atoms with van der Waals surface area (Å²) in [5, 5.41) is 12.0. The lowest BCUT2D eigenvalue weighted by Gasteiger charge is -2.35. The molecule has 0 radical (unpaired) electrons. The van der Waals surface area contributed by atoms with Gasteiger partial charge in [0.2, 0.25) is 11.8 Å². The van der Waals surface area contributed by atoms with Crippen molar-refractivity contribution in [1.29, 1.82) is 0 Å². The highest BCUT2D eigenvalue weighted by Gasteiger charge is 2.30. The first-order valence-electron chi connectivity index (χ1n) is 14.3. The van der Waals surface area contributed by atoms with Crippen LogP contribution >= 0.6 is 11.6 Å². The van der Waals surface area contributed by atoms with E-state index in [1.807, 2.05) is 34.1 Å². The van der Waals surface area contributed by atoms with Gasteiger partial charge >= 0.3 is 0 Å². The van der Waals surface area contributed by atoms with Crippen molar-refractivity contribution < 1.29 is 9.59 Å². The van der Waals surface area contributed by atoms with E-state index in [0.29, 0.717) is 43.4 Å². The van der Waals surface area contributed by atoms with Crippen LogP contribution in [0, 0.1) is 11.8 Å². The Morgan fingerprint density at radius 2 is 1.75 bits per heavy atom. The van der Waals surface area contributed by atoms with Crippen molar-refractivity contribution >= 4 is 29.1 Å². The molecule has 0 saturated carbocycles. The van der Waals surface area contributed by atoms with Crippen LogP contribution in [0.4, 0.5) is 5.69 Å². The fourth-order valence-corrected chi connectivity index (χ4v) is 6.12. The van der Waals surface area contributed by atoms with E-state index >= 15 is 0 Å². The quantitative estimate of drug-likeness (QED) is 0.387. The second-order valence-corrected chi connectivity index (χ2v) is 11.5. The molecule has 40 heavy (non-hydrogen) atoms. The van der Waals surface area contributed by atoms with Crippen molar-refractivity contribution in [2.75, 3.05) is 44.2 Å². The van der Waals surface area contributed by atoms with E-state index in [9.17, 15) is 9.59 Å². The van der Waals surface area contributed by atoms with Crippen molar-refractivity contribution in [3.8, 4) is 5.69 Å². The van der Waals surface area contributed by atoms with Gasteiger partial charge in [-0.25, -0.2) is 4.68 Å². The highest BCUT2D eigenvalue weighted by molar-refractivity contribution is 6.30. The maximum Gasteiger partial charge on any atom is 0.230 e. The van der Waals surface area contributed by atoms with Gasteiger partial charge < -0.3 is 14.7 Å². The molecule has 5 rings (SSSR count). The number of carbonyl (C=O) groups excluding carboxylic acids is 2. The van der Waals surface area contributed by atoms with Crippen LogP contribution < -0.4 is 4.90 Å². The molecule has 2 aromatic carbocycles. The Morgan fingerprint density at radius 1 is 1.00 bits per heavy atom. The summed E-state index contributed by atoms with van der Waals surface area (Å²) >= 11 is 6.29. The summed E-state index contributed by atoms with van der Waals surface area (Å²) in [6, 6.07) is 16.1. The lowest BCUT2D eigenvalue weighted by Crippen LogP contribution is -2.45. The number of aromatic nitrogens is 4. The first-order chi connectivity index (χ1) is 19.5. The molecule has 0 unspecified atom stereocenters. The van der Waals surface area contributed by atoms with Crippen LogP contribution in [0.3, 0.4) is 0 Å². The molecule has 212 valence electrons. The summed E-state index contributed by atoms with van der Waals surface area (Å²) in [5.41, 5.74) is 3.17. The van der Waals surface area contributed by atoms with Crippen LogP contribution in [-0.2, 0) is 16.0 Å². The molecule has 0 aliphatic carbocycles. The highest BCUT2D eigenvalue weighted by atomic mass is 35.5. The normalized spacial score (nSPS) is 17.2. The monoisotopic (exact) mass is 563 g/mol. The summed E-state index contributed by atoms with van der Waals surface area (Å²) in [4.78, 5) is 31.6. The van der Waals surface area contributed by atoms with Gasteiger partial charge in [0.25, 0.3) is 0 Å². The van der Waals surface area contributed by atoms with Crippen molar-refractivity contribution in [2.24, 2.45) is 11.8 Å². The van der Waals surface area contributed by atoms with Gasteiger partial charge in [-0.05, 0) is 110 Å². The molecule has 1 aromatic heterocycles. The fourth-order valence-electron chi connectivity index (χ4n) is 5.94. The Morgan fingerprint density at radius 3 is 2.40 bits per heavy atom. The molecule has 3 aromatic rings. The number of halogens is 1. The first kappa shape index (κ1) is 28.2. The van der Waals surface area contributed by atoms with Crippen molar-refractivity contribution in [3.63, 3.8) is 0 Å². The molecule has 0 atom stereocenters. The Bertz CT molecular complexity index is 1250. The van der Waals surface area contributed by atoms with Crippen molar-refractivity contribution in [1.82, 2.24) is 30.0 Å². The molecule has 9 nitrogen and oxygen atoms in total. The van der Waals surface area contributed by atoms with E-state index < -0.39 is 0 Å². The SMILES string of the molecule is CC(=O)N1CCC(C(=O)N(CCCN2CCC(Cc3ccc(-n4cnnn4)cc3)CC2)c2cccc(Cl)c2)CC1. The minimum Gasteiger partial charge on any atom is -0.343 e. The average Bonchev–Trinajstić information content (AvgIpc) is 3.52. The Labute approximate surface area is 241 Å². The smallest absolute Gasteiger partial charge is 0.230 e. The van der Waals surface area contributed by atoms with Crippen LogP contribution in [0.15, 0.2) is 54.9 Å². The van der Waals surface area contributed by atoms with Crippen LogP contribution in [0.5, 0.6) is 0 Å².